The predicted octanol–water partition coefficient (Wildman–Crippen LogP) is 2.05. The molecular weight excluding hydrogens is 256 g/mol. The van der Waals surface area contributed by atoms with Crippen molar-refractivity contribution < 1.29 is 9.32 Å². The summed E-state index contributed by atoms with van der Waals surface area (Å²) in [5.74, 6) is -0.0496. The van der Waals surface area contributed by atoms with E-state index < -0.39 is 0 Å². The van der Waals surface area contributed by atoms with Gasteiger partial charge in [0.2, 0.25) is 5.76 Å². The normalized spacial score (nSPS) is 12.5. The number of rotatable bonds is 3. The van der Waals surface area contributed by atoms with Gasteiger partial charge in [-0.15, -0.1) is 0 Å². The lowest BCUT2D eigenvalue weighted by Gasteiger charge is -2.10. The molecule has 1 amide bonds. The van der Waals surface area contributed by atoms with Gasteiger partial charge in [-0.2, -0.15) is 5.10 Å². The molecule has 0 aliphatic heterocycles. The first-order chi connectivity index (χ1) is 9.65. The Bertz CT molecular complexity index is 759. The molecule has 102 valence electrons. The molecule has 2 aromatic heterocycles. The summed E-state index contributed by atoms with van der Waals surface area (Å²) in [5.41, 5.74) is 1.61. The fourth-order valence-electron chi connectivity index (χ4n) is 2.06. The number of carbonyl (C=O) groups is 1. The molecule has 20 heavy (non-hydrogen) atoms. The SMILES string of the molecule is C[C@@H](NC(=O)c1onc2ccccc12)c1cnn(C)c1. The highest BCUT2D eigenvalue weighted by Gasteiger charge is 2.19. The van der Waals surface area contributed by atoms with Gasteiger partial charge in [0.1, 0.15) is 5.52 Å². The van der Waals surface area contributed by atoms with Gasteiger partial charge in [-0.1, -0.05) is 17.3 Å². The van der Waals surface area contributed by atoms with Crippen molar-refractivity contribution in [1.82, 2.24) is 20.3 Å². The van der Waals surface area contributed by atoms with Crippen molar-refractivity contribution in [3.05, 3.63) is 48.0 Å². The molecule has 0 radical (unpaired) electrons. The zero-order valence-corrected chi connectivity index (χ0v) is 11.2. The van der Waals surface area contributed by atoms with E-state index in [0.29, 0.717) is 10.9 Å². The second-order valence-corrected chi connectivity index (χ2v) is 4.67. The lowest BCUT2D eigenvalue weighted by atomic mass is 10.1. The third-order valence-corrected chi connectivity index (χ3v) is 3.16. The maximum Gasteiger partial charge on any atom is 0.291 e. The topological polar surface area (TPSA) is 73.0 Å². The van der Waals surface area contributed by atoms with Crippen LogP contribution in [0.3, 0.4) is 0 Å². The number of nitrogens with zero attached hydrogens (tertiary/aromatic N) is 3. The molecule has 6 nitrogen and oxygen atoms in total. The van der Waals surface area contributed by atoms with Gasteiger partial charge in [-0.25, -0.2) is 0 Å². The molecule has 0 aliphatic carbocycles. The first-order valence-electron chi connectivity index (χ1n) is 6.29. The number of carbonyl (C=O) groups excluding carboxylic acids is 1. The van der Waals surface area contributed by atoms with Crippen molar-refractivity contribution in [3.63, 3.8) is 0 Å². The number of aryl methyl sites for hydroxylation is 1. The Morgan fingerprint density at radius 2 is 2.20 bits per heavy atom. The van der Waals surface area contributed by atoms with Crippen LogP contribution < -0.4 is 5.32 Å². The lowest BCUT2D eigenvalue weighted by Crippen LogP contribution is -2.26. The molecule has 0 aliphatic rings. The minimum atomic E-state index is -0.282. The summed E-state index contributed by atoms with van der Waals surface area (Å²) >= 11 is 0. The van der Waals surface area contributed by atoms with Gasteiger partial charge in [-0.05, 0) is 19.1 Å². The van der Waals surface area contributed by atoms with E-state index in [-0.39, 0.29) is 17.7 Å². The van der Waals surface area contributed by atoms with Crippen molar-refractivity contribution in [2.45, 2.75) is 13.0 Å². The number of hydrogen-bond acceptors (Lipinski definition) is 4. The quantitative estimate of drug-likeness (QED) is 0.790. The van der Waals surface area contributed by atoms with Gasteiger partial charge in [0.15, 0.2) is 0 Å². The number of nitrogens with one attached hydrogen (secondary N) is 1. The highest BCUT2D eigenvalue weighted by atomic mass is 16.5. The first-order valence-corrected chi connectivity index (χ1v) is 6.29. The van der Waals surface area contributed by atoms with Crippen LogP contribution >= 0.6 is 0 Å². The molecule has 0 unspecified atom stereocenters. The van der Waals surface area contributed by atoms with E-state index in [9.17, 15) is 4.79 Å². The van der Waals surface area contributed by atoms with Crippen LogP contribution in [-0.4, -0.2) is 20.8 Å². The molecule has 3 rings (SSSR count). The lowest BCUT2D eigenvalue weighted by molar-refractivity contribution is 0.0905. The van der Waals surface area contributed by atoms with E-state index in [1.54, 1.807) is 16.9 Å². The van der Waals surface area contributed by atoms with Crippen molar-refractivity contribution in [1.29, 1.82) is 0 Å². The molecule has 3 aromatic rings. The molecule has 1 aromatic carbocycles. The average Bonchev–Trinajstić information content (AvgIpc) is 3.04. The van der Waals surface area contributed by atoms with Gasteiger partial charge in [0.05, 0.1) is 17.6 Å². The number of hydrogen-bond donors (Lipinski definition) is 1. The van der Waals surface area contributed by atoms with Crippen molar-refractivity contribution >= 4 is 16.8 Å². The van der Waals surface area contributed by atoms with E-state index in [1.165, 1.54) is 0 Å². The van der Waals surface area contributed by atoms with E-state index in [2.05, 4.69) is 15.6 Å². The van der Waals surface area contributed by atoms with Crippen LogP contribution in [0.4, 0.5) is 0 Å². The van der Waals surface area contributed by atoms with Crippen LogP contribution in [0.1, 0.15) is 29.1 Å². The molecule has 0 spiro atoms. The third-order valence-electron chi connectivity index (χ3n) is 3.16. The Morgan fingerprint density at radius 1 is 1.40 bits per heavy atom. The van der Waals surface area contributed by atoms with Crippen LogP contribution in [-0.2, 0) is 7.05 Å². The third kappa shape index (κ3) is 2.16. The van der Waals surface area contributed by atoms with Crippen molar-refractivity contribution in [2.75, 3.05) is 0 Å². The minimum absolute atomic E-state index is 0.153. The smallest absolute Gasteiger partial charge is 0.291 e. The van der Waals surface area contributed by atoms with Crippen molar-refractivity contribution in [2.24, 2.45) is 7.05 Å². The Morgan fingerprint density at radius 3 is 2.95 bits per heavy atom. The Labute approximate surface area is 115 Å². The maximum absolute atomic E-state index is 12.2. The van der Waals surface area contributed by atoms with Crippen LogP contribution in [0, 0.1) is 0 Å². The van der Waals surface area contributed by atoms with Gasteiger partial charge in [0, 0.05) is 18.8 Å². The summed E-state index contributed by atoms with van der Waals surface area (Å²) in [7, 11) is 1.84. The number of fused-ring (bicyclic) bond motifs is 1. The molecule has 1 atom stereocenters. The first kappa shape index (κ1) is 12.4. The van der Waals surface area contributed by atoms with Crippen LogP contribution in [0.5, 0.6) is 0 Å². The number of benzene rings is 1. The van der Waals surface area contributed by atoms with Crippen molar-refractivity contribution in [3.8, 4) is 0 Å². The summed E-state index contributed by atoms with van der Waals surface area (Å²) in [6, 6.07) is 7.17. The minimum Gasteiger partial charge on any atom is -0.350 e. The maximum atomic E-state index is 12.2. The van der Waals surface area contributed by atoms with E-state index in [4.69, 9.17) is 4.52 Å². The summed E-state index contributed by atoms with van der Waals surface area (Å²) in [5, 5.41) is 11.5. The van der Waals surface area contributed by atoms with Gasteiger partial charge >= 0.3 is 0 Å². The average molecular weight is 270 g/mol. The molecule has 2 heterocycles. The monoisotopic (exact) mass is 270 g/mol. The van der Waals surface area contributed by atoms with E-state index >= 15 is 0 Å². The fourth-order valence-corrected chi connectivity index (χ4v) is 2.06. The molecule has 0 saturated heterocycles. The number of aromatic nitrogens is 3. The molecule has 0 fully saturated rings. The zero-order valence-electron chi connectivity index (χ0n) is 11.2. The predicted molar refractivity (Wildman–Crippen MR) is 73.1 cm³/mol. The zero-order chi connectivity index (χ0) is 14.1. The van der Waals surface area contributed by atoms with E-state index in [1.807, 2.05) is 38.4 Å². The van der Waals surface area contributed by atoms with Gasteiger partial charge in [0.25, 0.3) is 5.91 Å². The van der Waals surface area contributed by atoms with Crippen LogP contribution in [0.2, 0.25) is 0 Å². The second kappa shape index (κ2) is 4.80. The van der Waals surface area contributed by atoms with Crippen LogP contribution in [0.25, 0.3) is 10.9 Å². The Balaban J connectivity index is 1.82. The highest BCUT2D eigenvalue weighted by molar-refractivity contribution is 6.03. The Kier molecular flexibility index (Phi) is 2.98. The standard InChI is InChI=1S/C14H14N4O2/c1-9(10-7-15-18(2)8-10)16-14(19)13-11-5-3-4-6-12(11)17-20-13/h3-9H,1-2H3,(H,16,19)/t9-/m1/s1. The Hall–Kier alpha value is -2.63. The fraction of sp³-hybridized carbons (Fsp3) is 0.214. The second-order valence-electron chi connectivity index (χ2n) is 4.67. The highest BCUT2D eigenvalue weighted by Crippen LogP contribution is 2.19. The van der Waals surface area contributed by atoms with Crippen LogP contribution in [0.15, 0.2) is 41.2 Å². The molecule has 1 N–H and O–H groups in total. The molecule has 6 heteroatoms. The summed E-state index contributed by atoms with van der Waals surface area (Å²) in [4.78, 5) is 12.2. The molecular formula is C14H14N4O2. The largest absolute Gasteiger partial charge is 0.350 e. The van der Waals surface area contributed by atoms with Gasteiger partial charge in [-0.3, -0.25) is 9.48 Å². The number of amides is 1. The molecule has 0 saturated carbocycles. The van der Waals surface area contributed by atoms with E-state index in [0.717, 1.165) is 5.56 Å². The molecule has 0 bridgehead atoms. The van der Waals surface area contributed by atoms with Gasteiger partial charge < -0.3 is 9.84 Å². The summed E-state index contributed by atoms with van der Waals surface area (Å²) in [6.45, 7) is 1.90. The summed E-state index contributed by atoms with van der Waals surface area (Å²) < 4.78 is 6.83. The summed E-state index contributed by atoms with van der Waals surface area (Å²) in [6.07, 6.45) is 3.59.